The minimum atomic E-state index is -1.05. The predicted molar refractivity (Wildman–Crippen MR) is 156 cm³/mol. The first kappa shape index (κ1) is 31.1. The Bertz CT molecular complexity index is 941. The molecular formula is C28H48N6O5S. The molecule has 0 unspecified atom stereocenters. The monoisotopic (exact) mass is 580 g/mol. The number of piperidine rings is 2. The van der Waals surface area contributed by atoms with Gasteiger partial charge in [0.2, 0.25) is 5.91 Å². The number of aliphatic hydroxyl groups excluding tert-OH is 2. The number of β-lactam (4-membered cyclic amide) rings is 1. The lowest BCUT2D eigenvalue weighted by atomic mass is 9.79. The van der Waals surface area contributed by atoms with E-state index < -0.39 is 18.0 Å². The minimum Gasteiger partial charge on any atom is -0.477 e. The Labute approximate surface area is 242 Å². The van der Waals surface area contributed by atoms with E-state index in [0.717, 1.165) is 82.3 Å². The number of nitrogens with zero attached hydrogens (tertiary/aromatic N) is 3. The molecule has 5 aliphatic heterocycles. The fourth-order valence-corrected chi connectivity index (χ4v) is 8.40. The van der Waals surface area contributed by atoms with Gasteiger partial charge in [-0.15, -0.1) is 11.8 Å². The Morgan fingerprint density at radius 1 is 1.15 bits per heavy atom. The number of hydrogen-bond donors (Lipinski definition) is 6. The Balaban J connectivity index is 0.000000350. The third kappa shape index (κ3) is 6.95. The van der Waals surface area contributed by atoms with Crippen LogP contribution in [-0.4, -0.2) is 118 Å². The number of carbonyl (C=O) groups is 2. The number of nitrogens with two attached hydrogens (primary N) is 1. The van der Waals surface area contributed by atoms with E-state index in [-0.39, 0.29) is 29.5 Å². The van der Waals surface area contributed by atoms with E-state index in [9.17, 15) is 19.8 Å². The van der Waals surface area contributed by atoms with Crippen LogP contribution in [0.3, 0.4) is 0 Å². The van der Waals surface area contributed by atoms with Crippen molar-refractivity contribution in [3.63, 3.8) is 0 Å². The molecule has 0 radical (unpaired) electrons. The van der Waals surface area contributed by atoms with Crippen LogP contribution in [0.2, 0.25) is 0 Å². The zero-order valence-corrected chi connectivity index (χ0v) is 24.7. The number of nitrogens with one attached hydrogen (secondary N) is 2. The molecule has 12 heteroatoms. The van der Waals surface area contributed by atoms with Crippen LogP contribution in [0, 0.1) is 29.1 Å². The zero-order chi connectivity index (χ0) is 29.0. The highest BCUT2D eigenvalue weighted by Crippen LogP contribution is 2.51. The minimum absolute atomic E-state index is 0.0612. The number of amides is 1. The summed E-state index contributed by atoms with van der Waals surface area (Å²) in [6.07, 6.45) is 6.03. The Morgan fingerprint density at radius 3 is 2.33 bits per heavy atom. The number of rotatable bonds is 9. The molecule has 7 N–H and O–H groups in total. The van der Waals surface area contributed by atoms with Gasteiger partial charge in [-0.25, -0.2) is 4.79 Å². The van der Waals surface area contributed by atoms with Gasteiger partial charge in [0.05, 0.1) is 18.1 Å². The molecule has 4 fully saturated rings. The Kier molecular flexibility index (Phi) is 10.8. The number of carboxylic acids is 1. The maximum atomic E-state index is 12.4. The van der Waals surface area contributed by atoms with Crippen LogP contribution >= 0.6 is 11.8 Å². The van der Waals surface area contributed by atoms with E-state index in [4.69, 9.17) is 16.2 Å². The molecule has 0 aromatic carbocycles. The summed E-state index contributed by atoms with van der Waals surface area (Å²) in [5, 5.41) is 39.4. The summed E-state index contributed by atoms with van der Waals surface area (Å²) < 4.78 is 0. The van der Waals surface area contributed by atoms with Crippen molar-refractivity contribution < 1.29 is 24.9 Å². The largest absolute Gasteiger partial charge is 0.477 e. The number of likely N-dealkylation sites (tertiary alicyclic amines) is 2. The lowest BCUT2D eigenvalue weighted by Gasteiger charge is -2.46. The van der Waals surface area contributed by atoms with Gasteiger partial charge in [0, 0.05) is 48.9 Å². The first-order chi connectivity index (χ1) is 19.1. The van der Waals surface area contributed by atoms with Crippen LogP contribution in [0.4, 0.5) is 0 Å². The first-order valence-electron chi connectivity index (χ1n) is 14.9. The molecule has 11 nitrogen and oxygen atoms in total. The first-order valence-corrected chi connectivity index (χ1v) is 15.8. The number of fused-ring (bicyclic) bond motifs is 1. The van der Waals surface area contributed by atoms with Crippen LogP contribution < -0.4 is 11.1 Å². The van der Waals surface area contributed by atoms with Crippen molar-refractivity contribution in [2.75, 3.05) is 52.4 Å². The van der Waals surface area contributed by atoms with Crippen LogP contribution in [0.25, 0.3) is 0 Å². The lowest BCUT2D eigenvalue weighted by molar-refractivity contribution is -0.163. The van der Waals surface area contributed by atoms with Gasteiger partial charge in [0.1, 0.15) is 5.70 Å². The van der Waals surface area contributed by atoms with E-state index in [0.29, 0.717) is 17.8 Å². The number of hydrogen-bond acceptors (Lipinski definition) is 8. The summed E-state index contributed by atoms with van der Waals surface area (Å²) in [5.41, 5.74) is 5.69. The number of aliphatic carboxylic acids is 1. The van der Waals surface area contributed by atoms with Crippen molar-refractivity contribution in [2.24, 2.45) is 29.4 Å². The summed E-state index contributed by atoms with van der Waals surface area (Å²) in [6, 6.07) is -0.238. The molecule has 4 saturated heterocycles. The molecule has 40 heavy (non-hydrogen) atoms. The lowest BCUT2D eigenvalue weighted by Crippen LogP contribution is -2.63. The summed E-state index contributed by atoms with van der Waals surface area (Å²) >= 11 is 1.61. The molecule has 0 saturated carbocycles. The van der Waals surface area contributed by atoms with E-state index >= 15 is 0 Å². The summed E-state index contributed by atoms with van der Waals surface area (Å²) in [7, 11) is 0. The third-order valence-corrected chi connectivity index (χ3v) is 10.8. The number of thioether (sulfide) groups is 1. The molecule has 0 bridgehead atoms. The van der Waals surface area contributed by atoms with Crippen LogP contribution in [0.5, 0.6) is 0 Å². The maximum absolute atomic E-state index is 12.4. The number of carbonyl (C=O) groups excluding carboxylic acids is 1. The fraction of sp³-hybridized carbons (Fsp3) is 0.821. The van der Waals surface area contributed by atoms with Gasteiger partial charge in [-0.3, -0.25) is 10.2 Å². The van der Waals surface area contributed by atoms with Crippen molar-refractivity contribution >= 4 is 29.6 Å². The Hall–Kier alpha value is -1.86. The van der Waals surface area contributed by atoms with E-state index in [1.165, 1.54) is 17.7 Å². The smallest absolute Gasteiger partial charge is 0.353 e. The van der Waals surface area contributed by atoms with Crippen molar-refractivity contribution in [2.45, 2.75) is 69.8 Å². The Morgan fingerprint density at radius 2 is 1.77 bits per heavy atom. The molecule has 4 atom stereocenters. The molecular weight excluding hydrogens is 532 g/mol. The highest BCUT2D eigenvalue weighted by atomic mass is 32.2. The van der Waals surface area contributed by atoms with Gasteiger partial charge >= 0.3 is 5.97 Å². The van der Waals surface area contributed by atoms with E-state index in [1.54, 1.807) is 18.7 Å². The van der Waals surface area contributed by atoms with Crippen molar-refractivity contribution in [1.29, 1.82) is 5.41 Å². The van der Waals surface area contributed by atoms with Crippen LogP contribution in [0.15, 0.2) is 10.6 Å². The maximum Gasteiger partial charge on any atom is 0.353 e. The molecule has 5 aliphatic rings. The normalized spacial score (nSPS) is 28.9. The SMILES string of the molecule is C[C@@H](O)[C@H]1C(=O)N2C(C(=O)O)=C(SC3CN(CCC4CCN(C(=N)N)CC4)C3)[C@H](C)[C@H]12.OCCC1CCNCC1. The van der Waals surface area contributed by atoms with Crippen molar-refractivity contribution in [1.82, 2.24) is 20.0 Å². The van der Waals surface area contributed by atoms with Crippen molar-refractivity contribution in [3.05, 3.63) is 10.6 Å². The summed E-state index contributed by atoms with van der Waals surface area (Å²) in [4.78, 5) is 30.9. The molecule has 0 aromatic heterocycles. The highest BCUT2D eigenvalue weighted by Gasteiger charge is 2.60. The van der Waals surface area contributed by atoms with Crippen molar-refractivity contribution in [3.8, 4) is 0 Å². The van der Waals surface area contributed by atoms with E-state index in [1.807, 2.05) is 11.8 Å². The van der Waals surface area contributed by atoms with E-state index in [2.05, 4.69) is 10.2 Å². The molecule has 226 valence electrons. The number of aliphatic hydroxyl groups is 2. The van der Waals surface area contributed by atoms with Gasteiger partial charge in [0.25, 0.3) is 0 Å². The number of carboxylic acid groups (broad SMARTS) is 1. The average Bonchev–Trinajstić information content (AvgIpc) is 3.14. The molecule has 0 aliphatic carbocycles. The molecule has 0 spiro atoms. The molecule has 1 amide bonds. The summed E-state index contributed by atoms with van der Waals surface area (Å²) in [5.74, 6) is -0.262. The number of guanidine groups is 1. The zero-order valence-electron chi connectivity index (χ0n) is 23.9. The molecule has 5 heterocycles. The standard InChI is InChI=1S/C21H33N5O4S.C7H15NO/c1-11-16-15(12(2)27)19(28)26(16)17(20(29)30)18(11)31-14-9-24(10-14)6-3-13-4-7-25(8-5-13)21(22)23;9-6-3-7-1-4-8-5-2-7/h11-16,27H,3-10H2,1-2H3,(H3,22,23)(H,29,30);7-9H,1-6H2/t11-,12-,15-,16-;/m1./s1. The second-order valence-electron chi connectivity index (χ2n) is 12.1. The quantitative estimate of drug-likeness (QED) is 0.131. The predicted octanol–water partition coefficient (Wildman–Crippen LogP) is 0.921. The van der Waals surface area contributed by atoms with Gasteiger partial charge in [-0.2, -0.15) is 0 Å². The second-order valence-corrected chi connectivity index (χ2v) is 13.4. The molecule has 5 rings (SSSR count). The van der Waals surface area contributed by atoms with Gasteiger partial charge in [-0.05, 0) is 76.9 Å². The van der Waals surface area contributed by atoms with Gasteiger partial charge in [-0.1, -0.05) is 6.92 Å². The van der Waals surface area contributed by atoms with Gasteiger partial charge in [0.15, 0.2) is 5.96 Å². The fourth-order valence-electron chi connectivity index (χ4n) is 6.82. The van der Waals surface area contributed by atoms with Crippen LogP contribution in [0.1, 0.15) is 52.4 Å². The average molecular weight is 581 g/mol. The van der Waals surface area contributed by atoms with Crippen LogP contribution in [-0.2, 0) is 9.59 Å². The summed E-state index contributed by atoms with van der Waals surface area (Å²) in [6.45, 7) is 10.9. The second kappa shape index (κ2) is 13.9. The third-order valence-electron chi connectivity index (χ3n) is 9.33. The topological polar surface area (TPSA) is 166 Å². The molecule has 0 aromatic rings. The highest BCUT2D eigenvalue weighted by molar-refractivity contribution is 8.03. The van der Waals surface area contributed by atoms with Gasteiger partial charge < -0.3 is 41.1 Å².